The normalized spacial score (nSPS) is 23.9. The molecule has 9 nitrogen and oxygen atoms in total. The zero-order chi connectivity index (χ0) is 18.5. The minimum absolute atomic E-state index is 0.0460. The summed E-state index contributed by atoms with van der Waals surface area (Å²) in [5.74, 6) is 0.442. The highest BCUT2D eigenvalue weighted by Gasteiger charge is 2.33. The van der Waals surface area contributed by atoms with Gasteiger partial charge in [-0.25, -0.2) is 0 Å². The molecular weight excluding hydrogens is 336 g/mol. The van der Waals surface area contributed by atoms with E-state index < -0.39 is 0 Å². The van der Waals surface area contributed by atoms with Crippen molar-refractivity contribution in [2.75, 3.05) is 39.4 Å². The lowest BCUT2D eigenvalue weighted by Crippen LogP contribution is -2.51. The third-order valence-electron chi connectivity index (χ3n) is 5.02. The molecule has 0 spiro atoms. The maximum atomic E-state index is 12.7. The number of amides is 2. The summed E-state index contributed by atoms with van der Waals surface area (Å²) in [6, 6.07) is 0.240. The Morgan fingerprint density at radius 1 is 1.31 bits per heavy atom. The van der Waals surface area contributed by atoms with Crippen LogP contribution in [0.15, 0.2) is 6.33 Å². The Morgan fingerprint density at radius 2 is 2.04 bits per heavy atom. The highest BCUT2D eigenvalue weighted by atomic mass is 16.5. The van der Waals surface area contributed by atoms with Crippen molar-refractivity contribution in [3.8, 4) is 0 Å². The molecule has 2 aliphatic heterocycles. The molecule has 0 unspecified atom stereocenters. The van der Waals surface area contributed by atoms with E-state index in [-0.39, 0.29) is 29.7 Å². The third-order valence-corrected chi connectivity index (χ3v) is 5.02. The van der Waals surface area contributed by atoms with E-state index in [2.05, 4.69) is 20.8 Å². The molecule has 144 valence electrons. The number of morpholine rings is 1. The predicted molar refractivity (Wildman–Crippen MR) is 94.1 cm³/mol. The number of piperidine rings is 1. The molecule has 2 atom stereocenters. The standard InChI is InChI=1S/C17H28N6O3/c1-12(2)23-11-20-21-15(23)10-19-16(24)13-7-14(9-18-8-13)17(25)22-3-5-26-6-4-22/h11-14,18H,3-10H2,1-2H3,(H,19,24)/t13-,14-/m1/s1. The van der Waals surface area contributed by atoms with Crippen LogP contribution >= 0.6 is 0 Å². The van der Waals surface area contributed by atoms with Gasteiger partial charge in [-0.05, 0) is 20.3 Å². The molecule has 1 aromatic heterocycles. The Kier molecular flexibility index (Phi) is 6.20. The number of aromatic nitrogens is 3. The highest BCUT2D eigenvalue weighted by Crippen LogP contribution is 2.20. The van der Waals surface area contributed by atoms with Crippen LogP contribution in [0.1, 0.15) is 32.1 Å². The maximum absolute atomic E-state index is 12.7. The smallest absolute Gasteiger partial charge is 0.227 e. The van der Waals surface area contributed by atoms with Gasteiger partial charge in [0.15, 0.2) is 5.82 Å². The Bertz CT molecular complexity index is 626. The number of hydrogen-bond donors (Lipinski definition) is 2. The summed E-state index contributed by atoms with van der Waals surface area (Å²) in [5.41, 5.74) is 0. The van der Waals surface area contributed by atoms with Crippen LogP contribution in [0.2, 0.25) is 0 Å². The van der Waals surface area contributed by atoms with Gasteiger partial charge in [-0.1, -0.05) is 0 Å². The fraction of sp³-hybridized carbons (Fsp3) is 0.765. The van der Waals surface area contributed by atoms with Crippen molar-refractivity contribution < 1.29 is 14.3 Å². The van der Waals surface area contributed by atoms with Crippen LogP contribution in [0.3, 0.4) is 0 Å². The second-order valence-corrected chi connectivity index (χ2v) is 7.19. The lowest BCUT2D eigenvalue weighted by Gasteiger charge is -2.34. The fourth-order valence-electron chi connectivity index (χ4n) is 3.51. The van der Waals surface area contributed by atoms with Gasteiger partial charge in [0.25, 0.3) is 0 Å². The third kappa shape index (κ3) is 4.39. The van der Waals surface area contributed by atoms with Crippen LogP contribution in [0, 0.1) is 11.8 Å². The molecule has 3 rings (SSSR count). The molecule has 0 saturated carbocycles. The molecule has 0 radical (unpaired) electrons. The second kappa shape index (κ2) is 8.59. The zero-order valence-corrected chi connectivity index (χ0v) is 15.5. The highest BCUT2D eigenvalue weighted by molar-refractivity contribution is 5.83. The van der Waals surface area contributed by atoms with Crippen LogP contribution in [0.4, 0.5) is 0 Å². The lowest BCUT2D eigenvalue weighted by atomic mass is 9.88. The van der Waals surface area contributed by atoms with Crippen LogP contribution < -0.4 is 10.6 Å². The van der Waals surface area contributed by atoms with E-state index >= 15 is 0 Å². The van der Waals surface area contributed by atoms with E-state index in [1.54, 1.807) is 6.33 Å². The minimum Gasteiger partial charge on any atom is -0.378 e. The fourth-order valence-corrected chi connectivity index (χ4v) is 3.51. The van der Waals surface area contributed by atoms with Gasteiger partial charge in [-0.2, -0.15) is 0 Å². The van der Waals surface area contributed by atoms with E-state index in [1.807, 2.05) is 23.3 Å². The first-order valence-corrected chi connectivity index (χ1v) is 9.29. The monoisotopic (exact) mass is 364 g/mol. The Labute approximate surface area is 153 Å². The summed E-state index contributed by atoms with van der Waals surface area (Å²) in [7, 11) is 0. The number of carbonyl (C=O) groups excluding carboxylic acids is 2. The van der Waals surface area contributed by atoms with Crippen LogP contribution in [-0.4, -0.2) is 70.9 Å². The molecule has 26 heavy (non-hydrogen) atoms. The molecule has 2 saturated heterocycles. The Hall–Kier alpha value is -2.00. The van der Waals surface area contributed by atoms with Gasteiger partial charge >= 0.3 is 0 Å². The zero-order valence-electron chi connectivity index (χ0n) is 15.5. The van der Waals surface area contributed by atoms with Gasteiger partial charge in [0.1, 0.15) is 6.33 Å². The van der Waals surface area contributed by atoms with Crippen LogP contribution in [0.5, 0.6) is 0 Å². The van der Waals surface area contributed by atoms with E-state index in [0.717, 1.165) is 5.82 Å². The topological polar surface area (TPSA) is 101 Å². The van der Waals surface area contributed by atoms with Crippen molar-refractivity contribution in [2.24, 2.45) is 11.8 Å². The predicted octanol–water partition coefficient (Wildman–Crippen LogP) is -0.440. The van der Waals surface area contributed by atoms with E-state index in [4.69, 9.17) is 4.74 Å². The molecule has 1 aromatic rings. The van der Waals surface area contributed by atoms with Gasteiger partial charge < -0.3 is 24.8 Å². The largest absolute Gasteiger partial charge is 0.378 e. The quantitative estimate of drug-likeness (QED) is 0.735. The maximum Gasteiger partial charge on any atom is 0.227 e. The molecule has 2 amide bonds. The average Bonchev–Trinajstić information content (AvgIpc) is 3.15. The first kappa shape index (κ1) is 18.8. The molecule has 0 aliphatic carbocycles. The first-order chi connectivity index (χ1) is 12.6. The SMILES string of the molecule is CC(C)n1cnnc1CNC(=O)[C@H]1CNC[C@H](C(=O)N2CCOCC2)C1. The average molecular weight is 364 g/mol. The molecule has 9 heteroatoms. The molecule has 2 N–H and O–H groups in total. The van der Waals surface area contributed by atoms with Gasteiger partial charge in [0, 0.05) is 32.2 Å². The van der Waals surface area contributed by atoms with Gasteiger partial charge in [-0.3, -0.25) is 9.59 Å². The van der Waals surface area contributed by atoms with Crippen molar-refractivity contribution in [1.82, 2.24) is 30.3 Å². The summed E-state index contributed by atoms with van der Waals surface area (Å²) in [6.07, 6.45) is 2.25. The summed E-state index contributed by atoms with van der Waals surface area (Å²) in [5, 5.41) is 14.2. The lowest BCUT2D eigenvalue weighted by molar-refractivity contribution is -0.141. The van der Waals surface area contributed by atoms with E-state index in [0.29, 0.717) is 52.4 Å². The molecule has 2 aliphatic rings. The minimum atomic E-state index is -0.214. The molecule has 0 aromatic carbocycles. The van der Waals surface area contributed by atoms with Crippen LogP contribution in [0.25, 0.3) is 0 Å². The summed E-state index contributed by atoms with van der Waals surface area (Å²) >= 11 is 0. The molecule has 3 heterocycles. The first-order valence-electron chi connectivity index (χ1n) is 9.29. The van der Waals surface area contributed by atoms with E-state index in [1.165, 1.54) is 0 Å². The number of hydrogen-bond acceptors (Lipinski definition) is 6. The second-order valence-electron chi connectivity index (χ2n) is 7.19. The summed E-state index contributed by atoms with van der Waals surface area (Å²) in [6.45, 7) is 8.10. The van der Waals surface area contributed by atoms with Crippen molar-refractivity contribution in [3.05, 3.63) is 12.2 Å². The van der Waals surface area contributed by atoms with Crippen molar-refractivity contribution in [1.29, 1.82) is 0 Å². The van der Waals surface area contributed by atoms with Crippen molar-refractivity contribution in [3.63, 3.8) is 0 Å². The summed E-state index contributed by atoms with van der Waals surface area (Å²) in [4.78, 5) is 27.1. The Balaban J connectivity index is 1.52. The molecular formula is C17H28N6O3. The van der Waals surface area contributed by atoms with Crippen LogP contribution in [-0.2, 0) is 20.9 Å². The number of carbonyl (C=O) groups is 2. The Morgan fingerprint density at radius 3 is 2.77 bits per heavy atom. The number of nitrogens with zero attached hydrogens (tertiary/aromatic N) is 4. The molecule has 2 fully saturated rings. The number of ether oxygens (including phenoxy) is 1. The molecule has 0 bridgehead atoms. The number of nitrogens with one attached hydrogen (secondary N) is 2. The number of rotatable bonds is 5. The summed E-state index contributed by atoms with van der Waals surface area (Å²) < 4.78 is 7.24. The van der Waals surface area contributed by atoms with Gasteiger partial charge in [0.2, 0.25) is 11.8 Å². The van der Waals surface area contributed by atoms with E-state index in [9.17, 15) is 9.59 Å². The van der Waals surface area contributed by atoms with Gasteiger partial charge in [0.05, 0.1) is 31.6 Å². The van der Waals surface area contributed by atoms with Gasteiger partial charge in [-0.15, -0.1) is 10.2 Å². The van der Waals surface area contributed by atoms with Crippen molar-refractivity contribution in [2.45, 2.75) is 32.9 Å². The van der Waals surface area contributed by atoms with Crippen molar-refractivity contribution >= 4 is 11.8 Å².